The number of sulfone groups is 1. The van der Waals surface area contributed by atoms with Gasteiger partial charge in [0, 0.05) is 23.0 Å². The molecule has 2 atom stereocenters. The molecular weight excluding hydrogens is 358 g/mol. The minimum Gasteiger partial charge on any atom is -0.352 e. The van der Waals surface area contributed by atoms with Crippen LogP contribution in [0.1, 0.15) is 30.6 Å². The molecule has 0 aromatic heterocycles. The topological polar surface area (TPSA) is 87.6 Å². The van der Waals surface area contributed by atoms with Gasteiger partial charge in [0.25, 0.3) is 5.91 Å². The highest BCUT2D eigenvalue weighted by atomic mass is 32.2. The Labute approximate surface area is 152 Å². The number of aliphatic imine (C=N–C) groups is 1. The van der Waals surface area contributed by atoms with Crippen molar-refractivity contribution in [3.63, 3.8) is 0 Å². The monoisotopic (exact) mass is 381 g/mol. The van der Waals surface area contributed by atoms with Crippen molar-refractivity contribution in [3.8, 4) is 0 Å². The summed E-state index contributed by atoms with van der Waals surface area (Å²) < 4.78 is 23.2. The van der Waals surface area contributed by atoms with Gasteiger partial charge in [0.2, 0.25) is 0 Å². The summed E-state index contributed by atoms with van der Waals surface area (Å²) in [6.45, 7) is 4.93. The Morgan fingerprint density at radius 1 is 1.28 bits per heavy atom. The maximum absolute atomic E-state index is 12.1. The molecule has 2 aliphatic rings. The van der Waals surface area contributed by atoms with Gasteiger partial charge in [0.15, 0.2) is 15.0 Å². The number of carbonyl (C=O) groups is 1. The number of amidine groups is 1. The summed E-state index contributed by atoms with van der Waals surface area (Å²) in [5.74, 6) is 0.836. The first-order valence-electron chi connectivity index (χ1n) is 8.42. The fourth-order valence-electron chi connectivity index (χ4n) is 2.82. The number of hydrogen-bond acceptors (Lipinski definition) is 6. The molecule has 2 N–H and O–H groups in total. The van der Waals surface area contributed by atoms with Crippen molar-refractivity contribution in [2.45, 2.75) is 31.6 Å². The summed E-state index contributed by atoms with van der Waals surface area (Å²) in [4.78, 5) is 16.5. The van der Waals surface area contributed by atoms with Crippen LogP contribution in [0.15, 0.2) is 29.3 Å². The second-order valence-electron chi connectivity index (χ2n) is 6.88. The quantitative estimate of drug-likeness (QED) is 0.816. The minimum absolute atomic E-state index is 0.0264. The molecule has 0 unspecified atom stereocenters. The van der Waals surface area contributed by atoms with Crippen LogP contribution in [0, 0.1) is 5.92 Å². The van der Waals surface area contributed by atoms with Crippen LogP contribution >= 0.6 is 11.8 Å². The van der Waals surface area contributed by atoms with Crippen molar-refractivity contribution in [2.75, 3.05) is 23.4 Å². The average molecular weight is 382 g/mol. The Kier molecular flexibility index (Phi) is 5.38. The van der Waals surface area contributed by atoms with E-state index < -0.39 is 9.84 Å². The second kappa shape index (κ2) is 7.37. The first-order valence-corrected chi connectivity index (χ1v) is 11.1. The van der Waals surface area contributed by atoms with E-state index in [1.807, 2.05) is 12.1 Å². The lowest BCUT2D eigenvalue weighted by molar-refractivity contribution is 0.0952. The molecule has 0 aliphatic carbocycles. The molecule has 1 fully saturated rings. The number of fused-ring (bicyclic) bond motifs is 1. The van der Waals surface area contributed by atoms with Crippen LogP contribution in [0.3, 0.4) is 0 Å². The molecule has 1 saturated heterocycles. The molecule has 136 valence electrons. The summed E-state index contributed by atoms with van der Waals surface area (Å²) in [6.07, 6.45) is 0.959. The number of rotatable bonds is 5. The van der Waals surface area contributed by atoms with E-state index in [1.54, 1.807) is 12.1 Å². The predicted molar refractivity (Wildman–Crippen MR) is 103 cm³/mol. The third-order valence-corrected chi connectivity index (χ3v) is 7.37. The number of benzene rings is 1. The third kappa shape index (κ3) is 4.76. The molecule has 2 heterocycles. The fraction of sp³-hybridized carbons (Fsp3) is 0.529. The van der Waals surface area contributed by atoms with Gasteiger partial charge in [-0.3, -0.25) is 9.79 Å². The predicted octanol–water partition coefficient (Wildman–Crippen LogP) is 2.14. The molecule has 0 radical (unpaired) electrons. The van der Waals surface area contributed by atoms with E-state index in [2.05, 4.69) is 29.5 Å². The first-order chi connectivity index (χ1) is 11.8. The Morgan fingerprint density at radius 2 is 2.00 bits per heavy atom. The number of carbonyl (C=O) groups excluding carboxylic acids is 1. The normalized spacial score (nSPS) is 24.0. The molecule has 8 heteroatoms. The van der Waals surface area contributed by atoms with Gasteiger partial charge >= 0.3 is 0 Å². The average Bonchev–Trinajstić information content (AvgIpc) is 3.00. The lowest BCUT2D eigenvalue weighted by Gasteiger charge is -2.09. The van der Waals surface area contributed by atoms with Crippen LogP contribution in [0.5, 0.6) is 0 Å². The van der Waals surface area contributed by atoms with Crippen molar-refractivity contribution < 1.29 is 13.2 Å². The first kappa shape index (κ1) is 18.3. The van der Waals surface area contributed by atoms with Gasteiger partial charge in [-0.15, -0.1) is 0 Å². The standard InChI is InChI=1S/C17H23N3O3S2/c1-11(2)7-8-18-16(21)12-3-5-13(6-4-12)19-17-20-14-9-25(22,23)10-15(14)24-17/h3-6,11,14-15H,7-10H2,1-2H3,(H,18,21)(H,19,20)/t14-,15-/m0/s1. The van der Waals surface area contributed by atoms with Gasteiger partial charge in [-0.05, 0) is 36.6 Å². The summed E-state index contributed by atoms with van der Waals surface area (Å²) in [6, 6.07) is 7.09. The number of anilines is 1. The zero-order valence-corrected chi connectivity index (χ0v) is 16.0. The van der Waals surface area contributed by atoms with Crippen molar-refractivity contribution in [3.05, 3.63) is 29.8 Å². The van der Waals surface area contributed by atoms with E-state index in [0.717, 1.165) is 17.3 Å². The summed E-state index contributed by atoms with van der Waals surface area (Å²) in [7, 11) is -2.93. The Bertz CT molecular complexity index is 773. The highest BCUT2D eigenvalue weighted by molar-refractivity contribution is 8.15. The maximum Gasteiger partial charge on any atom is 0.251 e. The van der Waals surface area contributed by atoms with E-state index >= 15 is 0 Å². The molecular formula is C17H23N3O3S2. The van der Waals surface area contributed by atoms with Gasteiger partial charge in [-0.2, -0.15) is 0 Å². The van der Waals surface area contributed by atoms with E-state index in [9.17, 15) is 13.2 Å². The minimum atomic E-state index is -2.93. The Balaban J connectivity index is 1.54. The molecule has 0 saturated carbocycles. The molecule has 1 aromatic rings. The van der Waals surface area contributed by atoms with Crippen molar-refractivity contribution in [1.29, 1.82) is 0 Å². The number of amides is 1. The lowest BCUT2D eigenvalue weighted by Crippen LogP contribution is -2.25. The molecule has 25 heavy (non-hydrogen) atoms. The van der Waals surface area contributed by atoms with Gasteiger partial charge < -0.3 is 10.6 Å². The van der Waals surface area contributed by atoms with Crippen LogP contribution in [0.4, 0.5) is 5.69 Å². The number of nitrogens with one attached hydrogen (secondary N) is 2. The third-order valence-electron chi connectivity index (χ3n) is 4.22. The number of hydrogen-bond donors (Lipinski definition) is 2. The van der Waals surface area contributed by atoms with E-state index in [4.69, 9.17) is 0 Å². The Morgan fingerprint density at radius 3 is 2.64 bits per heavy atom. The SMILES string of the molecule is CC(C)CCNC(=O)c1ccc(NC2=N[C@H]3CS(=O)(=O)C[C@@H]3S2)cc1. The van der Waals surface area contributed by atoms with Crippen LogP contribution in [-0.2, 0) is 9.84 Å². The van der Waals surface area contributed by atoms with Crippen molar-refractivity contribution in [1.82, 2.24) is 5.32 Å². The fourth-order valence-corrected chi connectivity index (χ4v) is 6.50. The van der Waals surface area contributed by atoms with E-state index in [-0.39, 0.29) is 28.7 Å². The van der Waals surface area contributed by atoms with Crippen molar-refractivity contribution >= 4 is 38.4 Å². The Hall–Kier alpha value is -1.54. The van der Waals surface area contributed by atoms with Crippen LogP contribution < -0.4 is 10.6 Å². The highest BCUT2D eigenvalue weighted by Crippen LogP contribution is 2.34. The van der Waals surface area contributed by atoms with E-state index in [0.29, 0.717) is 18.0 Å². The van der Waals surface area contributed by atoms with Gasteiger partial charge in [-0.25, -0.2) is 8.42 Å². The van der Waals surface area contributed by atoms with Gasteiger partial charge in [-0.1, -0.05) is 25.6 Å². The number of thioether (sulfide) groups is 1. The summed E-state index contributed by atoms with van der Waals surface area (Å²) in [5, 5.41) is 6.90. The molecule has 3 rings (SSSR count). The number of nitrogens with zero attached hydrogens (tertiary/aromatic N) is 1. The lowest BCUT2D eigenvalue weighted by atomic mass is 10.1. The summed E-state index contributed by atoms with van der Waals surface area (Å²) >= 11 is 1.48. The zero-order valence-electron chi connectivity index (χ0n) is 14.4. The molecule has 1 aromatic carbocycles. The summed E-state index contributed by atoms with van der Waals surface area (Å²) in [5.41, 5.74) is 1.46. The zero-order chi connectivity index (χ0) is 18.0. The molecule has 2 aliphatic heterocycles. The van der Waals surface area contributed by atoms with Crippen LogP contribution in [0.25, 0.3) is 0 Å². The molecule has 0 spiro atoms. The van der Waals surface area contributed by atoms with E-state index in [1.165, 1.54) is 11.8 Å². The van der Waals surface area contributed by atoms with Crippen LogP contribution in [0.2, 0.25) is 0 Å². The van der Waals surface area contributed by atoms with Gasteiger partial charge in [0.1, 0.15) is 0 Å². The molecule has 1 amide bonds. The maximum atomic E-state index is 12.1. The smallest absolute Gasteiger partial charge is 0.251 e. The second-order valence-corrected chi connectivity index (χ2v) is 10.3. The van der Waals surface area contributed by atoms with Crippen LogP contribution in [-0.4, -0.2) is 48.8 Å². The molecule has 6 nitrogen and oxygen atoms in total. The molecule has 0 bridgehead atoms. The largest absolute Gasteiger partial charge is 0.352 e. The van der Waals surface area contributed by atoms with Gasteiger partial charge in [0.05, 0.1) is 17.5 Å². The van der Waals surface area contributed by atoms with Crippen molar-refractivity contribution in [2.24, 2.45) is 10.9 Å². The highest BCUT2D eigenvalue weighted by Gasteiger charge is 2.42.